The van der Waals surface area contributed by atoms with E-state index in [0.29, 0.717) is 0 Å². The van der Waals surface area contributed by atoms with Crippen molar-refractivity contribution in [1.82, 2.24) is 5.32 Å². The van der Waals surface area contributed by atoms with E-state index in [-0.39, 0.29) is 26.0 Å². The fourth-order valence-corrected chi connectivity index (χ4v) is 2.15. The Labute approximate surface area is 115 Å². The molecule has 20 heavy (non-hydrogen) atoms. The topological polar surface area (TPSA) is 75.6 Å². The Morgan fingerprint density at radius 2 is 2.00 bits per heavy atom. The number of nitrogens with one attached hydrogen (secondary N) is 1. The van der Waals surface area contributed by atoms with Gasteiger partial charge in [-0.15, -0.1) is 0 Å². The van der Waals surface area contributed by atoms with Gasteiger partial charge in [0.2, 0.25) is 0 Å². The van der Waals surface area contributed by atoms with Gasteiger partial charge in [0.15, 0.2) is 0 Å². The van der Waals surface area contributed by atoms with Gasteiger partial charge in [0, 0.05) is 0 Å². The third kappa shape index (κ3) is 3.69. The van der Waals surface area contributed by atoms with Crippen molar-refractivity contribution in [2.75, 3.05) is 6.54 Å². The van der Waals surface area contributed by atoms with Gasteiger partial charge in [-0.2, -0.15) is 0 Å². The maximum Gasteiger partial charge on any atom is 0.407 e. The van der Waals surface area contributed by atoms with Gasteiger partial charge >= 0.3 is 12.1 Å². The normalized spacial score (nSPS) is 24.6. The van der Waals surface area contributed by atoms with Crippen molar-refractivity contribution in [3.63, 3.8) is 0 Å². The number of carbonyl (C=O) groups excluding carboxylic acids is 1. The highest BCUT2D eigenvalue weighted by molar-refractivity contribution is 5.72. The minimum atomic E-state index is -1.63. The highest BCUT2D eigenvalue weighted by Gasteiger charge is 2.48. The average molecular weight is 281 g/mol. The number of ether oxygens (including phenoxy) is 1. The quantitative estimate of drug-likeness (QED) is 0.866. The summed E-state index contributed by atoms with van der Waals surface area (Å²) in [6, 6.07) is 9.13. The Morgan fingerprint density at radius 1 is 1.35 bits per heavy atom. The molecule has 0 unspecified atom stereocenters. The summed E-state index contributed by atoms with van der Waals surface area (Å²) in [5.74, 6) is -1.65. The molecule has 6 heteroatoms. The van der Waals surface area contributed by atoms with Crippen LogP contribution in [0.3, 0.4) is 0 Å². The third-order valence-electron chi connectivity index (χ3n) is 3.34. The second kappa shape index (κ2) is 5.90. The first-order chi connectivity index (χ1) is 9.48. The van der Waals surface area contributed by atoms with E-state index in [1.54, 1.807) is 0 Å². The number of aliphatic carboxylic acids is 1. The molecule has 1 saturated carbocycles. The zero-order chi connectivity index (χ0) is 14.6. The summed E-state index contributed by atoms with van der Waals surface area (Å²) >= 11 is 0. The van der Waals surface area contributed by atoms with E-state index in [0.717, 1.165) is 5.56 Å². The zero-order valence-corrected chi connectivity index (χ0v) is 10.8. The number of halogens is 1. The van der Waals surface area contributed by atoms with Crippen LogP contribution in [-0.4, -0.2) is 29.4 Å². The number of carbonyl (C=O) groups is 2. The van der Waals surface area contributed by atoms with Gasteiger partial charge in [-0.25, -0.2) is 9.18 Å². The molecule has 1 aromatic rings. The van der Waals surface area contributed by atoms with Crippen LogP contribution in [0.4, 0.5) is 9.18 Å². The molecule has 0 saturated heterocycles. The predicted octanol–water partition coefficient (Wildman–Crippen LogP) is 2.12. The summed E-state index contributed by atoms with van der Waals surface area (Å²) in [5, 5.41) is 11.0. The molecule has 0 radical (unpaired) electrons. The van der Waals surface area contributed by atoms with Crippen LogP contribution < -0.4 is 5.32 Å². The molecular formula is C14H16FNO4. The Balaban J connectivity index is 1.67. The van der Waals surface area contributed by atoms with Crippen molar-refractivity contribution in [3.05, 3.63) is 35.9 Å². The number of rotatable bonds is 5. The molecule has 0 heterocycles. The smallest absolute Gasteiger partial charge is 0.407 e. The number of alkyl halides is 1. The largest absolute Gasteiger partial charge is 0.481 e. The molecular weight excluding hydrogens is 265 g/mol. The second-order valence-corrected chi connectivity index (χ2v) is 5.01. The minimum Gasteiger partial charge on any atom is -0.481 e. The number of alkyl carbamates (subject to hydrolysis) is 1. The molecule has 2 rings (SSSR count). The van der Waals surface area contributed by atoms with Crippen LogP contribution in [0.1, 0.15) is 18.4 Å². The SMILES string of the molecule is O=C(NCC1(F)CC(C(=O)O)C1)OCc1ccccc1. The summed E-state index contributed by atoms with van der Waals surface area (Å²) in [6.07, 6.45) is -0.840. The first-order valence-corrected chi connectivity index (χ1v) is 6.35. The molecule has 0 aliphatic heterocycles. The maximum absolute atomic E-state index is 13.9. The summed E-state index contributed by atoms with van der Waals surface area (Å²) < 4.78 is 18.8. The van der Waals surface area contributed by atoms with Gasteiger partial charge in [0.25, 0.3) is 0 Å². The van der Waals surface area contributed by atoms with E-state index in [4.69, 9.17) is 9.84 Å². The fourth-order valence-electron chi connectivity index (χ4n) is 2.15. The molecule has 1 aliphatic carbocycles. The van der Waals surface area contributed by atoms with Crippen molar-refractivity contribution in [2.24, 2.45) is 5.92 Å². The van der Waals surface area contributed by atoms with Crippen molar-refractivity contribution < 1.29 is 23.8 Å². The lowest BCUT2D eigenvalue weighted by atomic mass is 9.72. The molecule has 1 aliphatic rings. The van der Waals surface area contributed by atoms with Gasteiger partial charge < -0.3 is 15.2 Å². The standard InChI is InChI=1S/C14H16FNO4/c15-14(6-11(7-14)12(17)18)9-16-13(19)20-8-10-4-2-1-3-5-10/h1-5,11H,6-9H2,(H,16,19)(H,17,18). The summed E-state index contributed by atoms with van der Waals surface area (Å²) in [5.41, 5.74) is -0.790. The van der Waals surface area contributed by atoms with E-state index in [9.17, 15) is 14.0 Å². The van der Waals surface area contributed by atoms with Crippen molar-refractivity contribution in [1.29, 1.82) is 0 Å². The predicted molar refractivity (Wildman–Crippen MR) is 68.8 cm³/mol. The molecule has 0 aromatic heterocycles. The number of hydrogen-bond donors (Lipinski definition) is 2. The van der Waals surface area contributed by atoms with Crippen LogP contribution in [0.25, 0.3) is 0 Å². The Morgan fingerprint density at radius 3 is 2.60 bits per heavy atom. The Bertz CT molecular complexity index is 485. The van der Waals surface area contributed by atoms with Crippen molar-refractivity contribution in [3.8, 4) is 0 Å². The molecule has 5 nitrogen and oxygen atoms in total. The second-order valence-electron chi connectivity index (χ2n) is 5.01. The number of benzene rings is 1. The number of hydrogen-bond acceptors (Lipinski definition) is 3. The minimum absolute atomic E-state index is 0.0682. The maximum atomic E-state index is 13.9. The lowest BCUT2D eigenvalue weighted by Crippen LogP contribution is -2.51. The van der Waals surface area contributed by atoms with Crippen LogP contribution in [0.15, 0.2) is 30.3 Å². The van der Waals surface area contributed by atoms with E-state index < -0.39 is 23.6 Å². The first kappa shape index (κ1) is 14.3. The van der Waals surface area contributed by atoms with Crippen LogP contribution in [-0.2, 0) is 16.1 Å². The van der Waals surface area contributed by atoms with Crippen molar-refractivity contribution >= 4 is 12.1 Å². The lowest BCUT2D eigenvalue weighted by molar-refractivity contribution is -0.151. The summed E-state index contributed by atoms with van der Waals surface area (Å²) in [6.45, 7) is -0.103. The van der Waals surface area contributed by atoms with Gasteiger partial charge in [0.1, 0.15) is 12.3 Å². The van der Waals surface area contributed by atoms with Crippen LogP contribution in [0.5, 0.6) is 0 Å². The molecule has 0 atom stereocenters. The summed E-state index contributed by atoms with van der Waals surface area (Å²) in [4.78, 5) is 22.0. The van der Waals surface area contributed by atoms with E-state index in [2.05, 4.69) is 5.32 Å². The molecule has 1 amide bonds. The van der Waals surface area contributed by atoms with E-state index >= 15 is 0 Å². The van der Waals surface area contributed by atoms with Gasteiger partial charge in [-0.1, -0.05) is 30.3 Å². The van der Waals surface area contributed by atoms with Gasteiger partial charge in [0.05, 0.1) is 12.5 Å². The number of carboxylic acid groups (broad SMARTS) is 1. The molecule has 1 aromatic carbocycles. The zero-order valence-electron chi connectivity index (χ0n) is 10.8. The number of carboxylic acids is 1. The molecule has 108 valence electrons. The van der Waals surface area contributed by atoms with E-state index in [1.165, 1.54) is 0 Å². The summed E-state index contributed by atoms with van der Waals surface area (Å²) in [7, 11) is 0. The van der Waals surface area contributed by atoms with Crippen LogP contribution in [0.2, 0.25) is 0 Å². The highest BCUT2D eigenvalue weighted by atomic mass is 19.1. The van der Waals surface area contributed by atoms with Crippen LogP contribution >= 0.6 is 0 Å². The molecule has 0 spiro atoms. The third-order valence-corrected chi connectivity index (χ3v) is 3.34. The van der Waals surface area contributed by atoms with Crippen LogP contribution in [0, 0.1) is 5.92 Å². The molecule has 2 N–H and O–H groups in total. The lowest BCUT2D eigenvalue weighted by Gasteiger charge is -2.38. The highest BCUT2D eigenvalue weighted by Crippen LogP contribution is 2.40. The monoisotopic (exact) mass is 281 g/mol. The Hall–Kier alpha value is -2.11. The fraction of sp³-hybridized carbons (Fsp3) is 0.429. The van der Waals surface area contributed by atoms with Gasteiger partial charge in [-0.3, -0.25) is 4.79 Å². The Kier molecular flexibility index (Phi) is 4.22. The molecule has 0 bridgehead atoms. The number of amides is 1. The van der Waals surface area contributed by atoms with E-state index in [1.807, 2.05) is 30.3 Å². The molecule has 1 fully saturated rings. The van der Waals surface area contributed by atoms with Gasteiger partial charge in [-0.05, 0) is 18.4 Å². The average Bonchev–Trinajstić information content (AvgIpc) is 2.40. The van der Waals surface area contributed by atoms with Crippen molar-refractivity contribution in [2.45, 2.75) is 25.1 Å². The first-order valence-electron chi connectivity index (χ1n) is 6.35.